The lowest BCUT2D eigenvalue weighted by Gasteiger charge is -2.32. The van der Waals surface area contributed by atoms with Crippen LogP contribution in [0.25, 0.3) is 10.9 Å². The van der Waals surface area contributed by atoms with E-state index in [-0.39, 0.29) is 5.92 Å². The van der Waals surface area contributed by atoms with Crippen LogP contribution in [0.15, 0.2) is 60.7 Å². The Kier molecular flexibility index (Phi) is 6.00. The van der Waals surface area contributed by atoms with E-state index < -0.39 is 11.6 Å². The number of aromatic nitrogens is 1. The normalized spacial score (nSPS) is 17.2. The zero-order valence-corrected chi connectivity index (χ0v) is 17.0. The predicted octanol–water partition coefficient (Wildman–Crippen LogP) is 5.06. The average Bonchev–Trinajstić information content (AvgIpc) is 3.07. The summed E-state index contributed by atoms with van der Waals surface area (Å²) in [5.41, 5.74) is 0.295. The first kappa shape index (κ1) is 20.4. The zero-order chi connectivity index (χ0) is 21.0. The monoisotopic (exact) mass is 405 g/mol. The fourth-order valence-corrected chi connectivity index (χ4v) is 4.38. The van der Waals surface area contributed by atoms with E-state index in [1.807, 2.05) is 36.4 Å². The van der Waals surface area contributed by atoms with E-state index in [0.717, 1.165) is 55.1 Å². The number of benzene rings is 2. The van der Waals surface area contributed by atoms with Crippen LogP contribution in [0.1, 0.15) is 49.8 Å². The van der Waals surface area contributed by atoms with Crippen LogP contribution >= 0.6 is 0 Å². The summed E-state index contributed by atoms with van der Waals surface area (Å²) in [4.78, 5) is 16.6. The summed E-state index contributed by atoms with van der Waals surface area (Å²) in [5.74, 6) is -0.836. The molecule has 30 heavy (non-hydrogen) atoms. The van der Waals surface area contributed by atoms with E-state index in [1.165, 1.54) is 0 Å². The average molecular weight is 405 g/mol. The molecular formula is C25H27NO4. The molecule has 3 aromatic rings. The number of carboxylic acid groups (broad SMARTS) is 1. The largest absolute Gasteiger partial charge is 0.487 e. The number of carbonyl (C=O) groups is 1. The van der Waals surface area contributed by atoms with Gasteiger partial charge in [0, 0.05) is 11.3 Å². The Morgan fingerprint density at radius 3 is 2.37 bits per heavy atom. The molecule has 156 valence electrons. The lowest BCUT2D eigenvalue weighted by Crippen LogP contribution is -2.43. The van der Waals surface area contributed by atoms with Crippen molar-refractivity contribution in [2.24, 2.45) is 5.92 Å². The van der Waals surface area contributed by atoms with Crippen molar-refractivity contribution < 1.29 is 19.7 Å². The van der Waals surface area contributed by atoms with Crippen molar-refractivity contribution in [2.75, 3.05) is 0 Å². The molecule has 4 rings (SSSR count). The van der Waals surface area contributed by atoms with E-state index in [1.54, 1.807) is 24.3 Å². The number of para-hydroxylation sites is 1. The Morgan fingerprint density at radius 1 is 0.967 bits per heavy atom. The zero-order valence-electron chi connectivity index (χ0n) is 17.0. The summed E-state index contributed by atoms with van der Waals surface area (Å²) in [6.07, 6.45) is 5.58. The summed E-state index contributed by atoms with van der Waals surface area (Å²) < 4.78 is 5.84. The Bertz CT molecular complexity index is 1010. The van der Waals surface area contributed by atoms with Gasteiger partial charge in [0.05, 0.1) is 11.2 Å². The molecule has 1 aromatic heterocycles. The standard InChI is InChI=1S/C25H27NO4/c27-24(28)25(29,19-8-3-1-2-4-9-19)20-12-15-22(16-13-20)30-17-21-14-11-18-7-5-6-10-23(18)26-21/h5-7,10-16,19,29H,1-4,8-9,17H2,(H,27,28). The van der Waals surface area contributed by atoms with Crippen molar-refractivity contribution in [3.63, 3.8) is 0 Å². The molecule has 5 heteroatoms. The van der Waals surface area contributed by atoms with Gasteiger partial charge in [-0.15, -0.1) is 0 Å². The van der Waals surface area contributed by atoms with Crippen LogP contribution < -0.4 is 4.74 Å². The summed E-state index contributed by atoms with van der Waals surface area (Å²) in [5, 5.41) is 22.1. The van der Waals surface area contributed by atoms with Crippen LogP contribution in [0.5, 0.6) is 5.75 Å². The SMILES string of the molecule is O=C(O)C(O)(c1ccc(OCc2ccc3ccccc3n2)cc1)C1CCCCCC1. The molecule has 2 aromatic carbocycles. The minimum atomic E-state index is -1.86. The molecule has 0 spiro atoms. The number of ether oxygens (including phenoxy) is 1. The Morgan fingerprint density at radius 2 is 1.67 bits per heavy atom. The maximum absolute atomic E-state index is 12.0. The second-order valence-corrected chi connectivity index (χ2v) is 8.07. The molecular weight excluding hydrogens is 378 g/mol. The molecule has 1 atom stereocenters. The van der Waals surface area contributed by atoms with Gasteiger partial charge in [-0.25, -0.2) is 9.78 Å². The molecule has 1 fully saturated rings. The quantitative estimate of drug-likeness (QED) is 0.561. The predicted molar refractivity (Wildman–Crippen MR) is 115 cm³/mol. The molecule has 1 aliphatic rings. The third-order valence-electron chi connectivity index (χ3n) is 6.11. The van der Waals surface area contributed by atoms with Crippen LogP contribution in [0.3, 0.4) is 0 Å². The van der Waals surface area contributed by atoms with Crippen molar-refractivity contribution in [3.8, 4) is 5.75 Å². The smallest absolute Gasteiger partial charge is 0.340 e. The Balaban J connectivity index is 1.48. The van der Waals surface area contributed by atoms with Gasteiger partial charge in [-0.05, 0) is 42.7 Å². The molecule has 0 bridgehead atoms. The second kappa shape index (κ2) is 8.84. The number of aliphatic hydroxyl groups is 1. The van der Waals surface area contributed by atoms with E-state index >= 15 is 0 Å². The van der Waals surface area contributed by atoms with Crippen molar-refractivity contribution in [3.05, 3.63) is 71.9 Å². The molecule has 0 aliphatic heterocycles. The van der Waals surface area contributed by atoms with Crippen LogP contribution in [0.2, 0.25) is 0 Å². The topological polar surface area (TPSA) is 79.7 Å². The van der Waals surface area contributed by atoms with Gasteiger partial charge >= 0.3 is 5.97 Å². The van der Waals surface area contributed by atoms with E-state index in [0.29, 0.717) is 17.9 Å². The Labute approximate surface area is 176 Å². The van der Waals surface area contributed by atoms with Gasteiger partial charge in [0.15, 0.2) is 5.60 Å². The van der Waals surface area contributed by atoms with E-state index in [4.69, 9.17) is 4.74 Å². The van der Waals surface area contributed by atoms with Gasteiger partial charge in [0.25, 0.3) is 0 Å². The summed E-state index contributed by atoms with van der Waals surface area (Å²) >= 11 is 0. The maximum Gasteiger partial charge on any atom is 0.340 e. The van der Waals surface area contributed by atoms with Gasteiger partial charge in [0.2, 0.25) is 0 Å². The van der Waals surface area contributed by atoms with Gasteiger partial charge < -0.3 is 14.9 Å². The number of nitrogens with zero attached hydrogens (tertiary/aromatic N) is 1. The van der Waals surface area contributed by atoms with Crippen molar-refractivity contribution in [1.29, 1.82) is 0 Å². The summed E-state index contributed by atoms with van der Waals surface area (Å²) in [6.45, 7) is 0.315. The number of rotatable bonds is 6. The molecule has 1 heterocycles. The van der Waals surface area contributed by atoms with Gasteiger partial charge in [-0.1, -0.05) is 62.1 Å². The third-order valence-corrected chi connectivity index (χ3v) is 6.11. The van der Waals surface area contributed by atoms with Crippen molar-refractivity contribution in [1.82, 2.24) is 4.98 Å². The van der Waals surface area contributed by atoms with Crippen LogP contribution in [0.4, 0.5) is 0 Å². The fraction of sp³-hybridized carbons (Fsp3) is 0.360. The number of carboxylic acids is 1. The van der Waals surface area contributed by atoms with Crippen LogP contribution in [0, 0.1) is 5.92 Å². The van der Waals surface area contributed by atoms with E-state index in [2.05, 4.69) is 4.98 Å². The first-order valence-electron chi connectivity index (χ1n) is 10.6. The van der Waals surface area contributed by atoms with Gasteiger partial charge in [-0.3, -0.25) is 0 Å². The fourth-order valence-electron chi connectivity index (χ4n) is 4.38. The third kappa shape index (κ3) is 4.17. The lowest BCUT2D eigenvalue weighted by molar-refractivity contribution is -0.167. The maximum atomic E-state index is 12.0. The molecule has 1 aliphatic carbocycles. The number of aliphatic carboxylic acids is 1. The first-order valence-corrected chi connectivity index (χ1v) is 10.6. The highest BCUT2D eigenvalue weighted by atomic mass is 16.5. The van der Waals surface area contributed by atoms with Gasteiger partial charge in [-0.2, -0.15) is 0 Å². The lowest BCUT2D eigenvalue weighted by atomic mass is 9.77. The summed E-state index contributed by atoms with van der Waals surface area (Å²) in [6, 6.07) is 18.7. The molecule has 0 amide bonds. The molecule has 1 saturated carbocycles. The minimum Gasteiger partial charge on any atom is -0.487 e. The first-order chi connectivity index (χ1) is 14.6. The van der Waals surface area contributed by atoms with Gasteiger partial charge in [0.1, 0.15) is 12.4 Å². The molecule has 5 nitrogen and oxygen atoms in total. The molecule has 0 saturated heterocycles. The highest BCUT2D eigenvalue weighted by Crippen LogP contribution is 2.39. The minimum absolute atomic E-state index is 0.272. The Hall–Kier alpha value is -2.92. The van der Waals surface area contributed by atoms with Crippen LogP contribution in [-0.4, -0.2) is 21.2 Å². The number of fused-ring (bicyclic) bond motifs is 1. The van der Waals surface area contributed by atoms with E-state index in [9.17, 15) is 15.0 Å². The number of pyridine rings is 1. The molecule has 0 radical (unpaired) electrons. The second-order valence-electron chi connectivity index (χ2n) is 8.07. The van der Waals surface area contributed by atoms with Crippen molar-refractivity contribution >= 4 is 16.9 Å². The molecule has 2 N–H and O–H groups in total. The number of hydrogen-bond donors (Lipinski definition) is 2. The summed E-state index contributed by atoms with van der Waals surface area (Å²) in [7, 11) is 0. The number of hydrogen-bond acceptors (Lipinski definition) is 4. The van der Waals surface area contributed by atoms with Crippen molar-refractivity contribution in [2.45, 2.75) is 50.7 Å². The van der Waals surface area contributed by atoms with Crippen LogP contribution in [-0.2, 0) is 17.0 Å². The highest BCUT2D eigenvalue weighted by Gasteiger charge is 2.45. The highest BCUT2D eigenvalue weighted by molar-refractivity contribution is 5.80. The molecule has 1 unspecified atom stereocenters.